The van der Waals surface area contributed by atoms with Crippen molar-refractivity contribution in [3.05, 3.63) is 23.8 Å². The number of nitrogens with one attached hydrogen (secondary N) is 2. The van der Waals surface area contributed by atoms with Gasteiger partial charge in [0, 0.05) is 4.90 Å². The first kappa shape index (κ1) is 11.6. The topological polar surface area (TPSA) is 84.2 Å². The standard InChI is InChI=1S/C12H13N3O2S/c13-15-11(17)12(3-4-12)7-1-2-9-8(5-7)14-10(16)6-18-9/h1-2,5H,3-4,6,13H2,(H,14,16)(H,15,17). The molecule has 0 saturated heterocycles. The lowest BCUT2D eigenvalue weighted by atomic mass is 9.94. The molecule has 2 aliphatic rings. The molecule has 4 N–H and O–H groups in total. The van der Waals surface area contributed by atoms with Crippen molar-refractivity contribution < 1.29 is 9.59 Å². The summed E-state index contributed by atoms with van der Waals surface area (Å²) in [5.74, 6) is 5.51. The molecule has 1 fully saturated rings. The molecule has 2 amide bonds. The second-order valence-corrected chi connectivity index (χ2v) is 5.62. The molecular formula is C12H13N3O2S. The number of thioether (sulfide) groups is 1. The Hall–Kier alpha value is -1.53. The highest BCUT2D eigenvalue weighted by Crippen LogP contribution is 2.49. The first-order valence-electron chi connectivity index (χ1n) is 5.74. The van der Waals surface area contributed by atoms with Crippen molar-refractivity contribution in [1.82, 2.24) is 5.43 Å². The van der Waals surface area contributed by atoms with Crippen LogP contribution in [0.5, 0.6) is 0 Å². The number of hydrogen-bond acceptors (Lipinski definition) is 4. The smallest absolute Gasteiger partial charge is 0.244 e. The molecule has 0 radical (unpaired) electrons. The van der Waals surface area contributed by atoms with Crippen LogP contribution in [0.1, 0.15) is 18.4 Å². The van der Waals surface area contributed by atoms with Gasteiger partial charge in [0.05, 0.1) is 16.9 Å². The lowest BCUT2D eigenvalue weighted by Crippen LogP contribution is -2.39. The summed E-state index contributed by atoms with van der Waals surface area (Å²) in [6.07, 6.45) is 1.60. The number of benzene rings is 1. The Balaban J connectivity index is 1.98. The quantitative estimate of drug-likeness (QED) is 0.418. The van der Waals surface area contributed by atoms with Crippen molar-refractivity contribution >= 4 is 29.3 Å². The second kappa shape index (κ2) is 4.00. The molecule has 1 heterocycles. The third-order valence-electron chi connectivity index (χ3n) is 3.48. The molecule has 1 aromatic carbocycles. The Kier molecular flexibility index (Phi) is 2.57. The number of anilines is 1. The van der Waals surface area contributed by atoms with E-state index in [1.807, 2.05) is 18.2 Å². The maximum atomic E-state index is 11.8. The Bertz CT molecular complexity index is 540. The van der Waals surface area contributed by atoms with E-state index in [0.29, 0.717) is 5.75 Å². The molecule has 0 aromatic heterocycles. The van der Waals surface area contributed by atoms with Crippen LogP contribution in [0.15, 0.2) is 23.1 Å². The van der Waals surface area contributed by atoms with Gasteiger partial charge in [0.25, 0.3) is 0 Å². The molecule has 18 heavy (non-hydrogen) atoms. The molecule has 1 aliphatic carbocycles. The molecule has 0 spiro atoms. The number of fused-ring (bicyclic) bond motifs is 1. The third kappa shape index (κ3) is 1.69. The zero-order chi connectivity index (χ0) is 12.8. The van der Waals surface area contributed by atoms with Gasteiger partial charge in [0.2, 0.25) is 11.8 Å². The fraction of sp³-hybridized carbons (Fsp3) is 0.333. The van der Waals surface area contributed by atoms with Crippen LogP contribution in [0.25, 0.3) is 0 Å². The van der Waals surface area contributed by atoms with Crippen molar-refractivity contribution in [3.8, 4) is 0 Å². The summed E-state index contributed by atoms with van der Waals surface area (Å²) in [5, 5.41) is 2.83. The monoisotopic (exact) mass is 263 g/mol. The van der Waals surface area contributed by atoms with Crippen LogP contribution in [-0.2, 0) is 15.0 Å². The normalized spacial score (nSPS) is 19.7. The third-order valence-corrected chi connectivity index (χ3v) is 4.55. The number of amides is 2. The molecule has 6 heteroatoms. The highest BCUT2D eigenvalue weighted by Gasteiger charge is 2.51. The van der Waals surface area contributed by atoms with E-state index >= 15 is 0 Å². The van der Waals surface area contributed by atoms with E-state index in [1.54, 1.807) is 0 Å². The number of carbonyl (C=O) groups excluding carboxylic acids is 2. The number of rotatable bonds is 2. The van der Waals surface area contributed by atoms with Crippen LogP contribution >= 0.6 is 11.8 Å². The summed E-state index contributed by atoms with van der Waals surface area (Å²) in [6, 6.07) is 5.80. The van der Waals surface area contributed by atoms with Gasteiger partial charge < -0.3 is 5.32 Å². The number of nitrogens with two attached hydrogens (primary N) is 1. The van der Waals surface area contributed by atoms with Gasteiger partial charge in [0.15, 0.2) is 0 Å². The van der Waals surface area contributed by atoms with Crippen LogP contribution in [-0.4, -0.2) is 17.6 Å². The Morgan fingerprint density at radius 2 is 2.22 bits per heavy atom. The average Bonchev–Trinajstić information content (AvgIpc) is 3.18. The molecule has 94 valence electrons. The number of hydrogen-bond donors (Lipinski definition) is 3. The molecule has 3 rings (SSSR count). The Labute approximate surface area is 108 Å². The zero-order valence-electron chi connectivity index (χ0n) is 9.66. The van der Waals surface area contributed by atoms with Gasteiger partial charge in [-0.05, 0) is 30.5 Å². The van der Waals surface area contributed by atoms with E-state index in [4.69, 9.17) is 5.84 Å². The molecule has 1 aliphatic heterocycles. The van der Waals surface area contributed by atoms with Crippen LogP contribution in [0.4, 0.5) is 5.69 Å². The average molecular weight is 263 g/mol. The molecule has 0 bridgehead atoms. The van der Waals surface area contributed by atoms with Crippen LogP contribution in [0, 0.1) is 0 Å². The largest absolute Gasteiger partial charge is 0.324 e. The van der Waals surface area contributed by atoms with Crippen molar-refractivity contribution in [2.24, 2.45) is 5.84 Å². The summed E-state index contributed by atoms with van der Waals surface area (Å²) < 4.78 is 0. The van der Waals surface area contributed by atoms with Gasteiger partial charge in [-0.15, -0.1) is 11.8 Å². The summed E-state index contributed by atoms with van der Waals surface area (Å²) in [7, 11) is 0. The van der Waals surface area contributed by atoms with Gasteiger partial charge in [0.1, 0.15) is 0 Å². The molecule has 0 unspecified atom stereocenters. The molecular weight excluding hydrogens is 250 g/mol. The van der Waals surface area contributed by atoms with Crippen molar-refractivity contribution in [2.75, 3.05) is 11.1 Å². The van der Waals surface area contributed by atoms with Crippen molar-refractivity contribution in [2.45, 2.75) is 23.2 Å². The van der Waals surface area contributed by atoms with E-state index in [0.717, 1.165) is 29.0 Å². The maximum absolute atomic E-state index is 11.8. The molecule has 1 saturated carbocycles. The van der Waals surface area contributed by atoms with Gasteiger partial charge in [-0.25, -0.2) is 5.84 Å². The summed E-state index contributed by atoms with van der Waals surface area (Å²) in [6.45, 7) is 0. The molecule has 1 aromatic rings. The van der Waals surface area contributed by atoms with E-state index < -0.39 is 5.41 Å². The molecule has 5 nitrogen and oxygen atoms in total. The van der Waals surface area contributed by atoms with Gasteiger partial charge in [-0.2, -0.15) is 0 Å². The predicted octanol–water partition coefficient (Wildman–Crippen LogP) is 0.752. The lowest BCUT2D eigenvalue weighted by molar-refractivity contribution is -0.123. The minimum atomic E-state index is -0.489. The Morgan fingerprint density at radius 1 is 1.44 bits per heavy atom. The minimum Gasteiger partial charge on any atom is -0.324 e. The first-order chi connectivity index (χ1) is 8.65. The van der Waals surface area contributed by atoms with E-state index in [1.165, 1.54) is 11.8 Å². The fourth-order valence-electron chi connectivity index (χ4n) is 2.29. The molecule has 0 atom stereocenters. The lowest BCUT2D eigenvalue weighted by Gasteiger charge is -2.20. The first-order valence-corrected chi connectivity index (χ1v) is 6.72. The fourth-order valence-corrected chi connectivity index (χ4v) is 3.08. The SMILES string of the molecule is NNC(=O)C1(c2ccc3c(c2)NC(=O)CS3)CC1. The number of carbonyl (C=O) groups is 2. The zero-order valence-corrected chi connectivity index (χ0v) is 10.5. The number of hydrazine groups is 1. The van der Waals surface area contributed by atoms with E-state index in [2.05, 4.69) is 10.7 Å². The summed E-state index contributed by atoms with van der Waals surface area (Å²) in [4.78, 5) is 24.2. The minimum absolute atomic E-state index is 0.00206. The highest BCUT2D eigenvalue weighted by atomic mass is 32.2. The summed E-state index contributed by atoms with van der Waals surface area (Å²) >= 11 is 1.51. The van der Waals surface area contributed by atoms with Crippen LogP contribution in [0.2, 0.25) is 0 Å². The van der Waals surface area contributed by atoms with Crippen molar-refractivity contribution in [1.29, 1.82) is 0 Å². The van der Waals surface area contributed by atoms with Crippen LogP contribution < -0.4 is 16.6 Å². The van der Waals surface area contributed by atoms with Gasteiger partial charge >= 0.3 is 0 Å². The van der Waals surface area contributed by atoms with E-state index in [-0.39, 0.29) is 11.8 Å². The Morgan fingerprint density at radius 3 is 2.89 bits per heavy atom. The maximum Gasteiger partial charge on any atom is 0.244 e. The summed E-state index contributed by atoms with van der Waals surface area (Å²) in [5.41, 5.74) is 3.45. The second-order valence-electron chi connectivity index (χ2n) is 4.60. The predicted molar refractivity (Wildman–Crippen MR) is 69.0 cm³/mol. The van der Waals surface area contributed by atoms with Crippen molar-refractivity contribution in [3.63, 3.8) is 0 Å². The van der Waals surface area contributed by atoms with Gasteiger partial charge in [-0.1, -0.05) is 6.07 Å². The van der Waals surface area contributed by atoms with Crippen LogP contribution in [0.3, 0.4) is 0 Å². The van der Waals surface area contributed by atoms with E-state index in [9.17, 15) is 9.59 Å². The van der Waals surface area contributed by atoms with Gasteiger partial charge in [-0.3, -0.25) is 15.0 Å². The highest BCUT2D eigenvalue weighted by molar-refractivity contribution is 8.00.